The van der Waals surface area contributed by atoms with E-state index in [-0.39, 0.29) is 18.3 Å². The van der Waals surface area contributed by atoms with Crippen LogP contribution in [0.2, 0.25) is 0 Å². The van der Waals surface area contributed by atoms with Crippen LogP contribution in [0, 0.1) is 5.82 Å². The molecule has 0 aliphatic carbocycles. The van der Waals surface area contributed by atoms with Gasteiger partial charge in [-0.3, -0.25) is 14.7 Å². The highest BCUT2D eigenvalue weighted by atomic mass is 19.1. The maximum absolute atomic E-state index is 13.1. The lowest BCUT2D eigenvalue weighted by molar-refractivity contribution is -0.131. The summed E-state index contributed by atoms with van der Waals surface area (Å²) in [7, 11) is 0. The first-order chi connectivity index (χ1) is 11.0. The maximum Gasteiger partial charge on any atom is 0.325 e. The number of urea groups is 1. The minimum atomic E-state index is -1.16. The molecule has 2 aromatic rings. The van der Waals surface area contributed by atoms with Crippen LogP contribution in [0.5, 0.6) is 0 Å². The van der Waals surface area contributed by atoms with Gasteiger partial charge in [-0.1, -0.05) is 12.1 Å². The summed E-state index contributed by atoms with van der Waals surface area (Å²) in [5.74, 6) is -0.716. The van der Waals surface area contributed by atoms with Gasteiger partial charge in [0.1, 0.15) is 11.4 Å². The van der Waals surface area contributed by atoms with Gasteiger partial charge in [0.05, 0.1) is 0 Å². The van der Waals surface area contributed by atoms with Gasteiger partial charge in [0.25, 0.3) is 5.91 Å². The number of nitrogens with zero attached hydrogens (tertiary/aromatic N) is 2. The van der Waals surface area contributed by atoms with Crippen molar-refractivity contribution in [3.8, 4) is 0 Å². The van der Waals surface area contributed by atoms with Crippen molar-refractivity contribution in [2.45, 2.75) is 18.9 Å². The summed E-state index contributed by atoms with van der Waals surface area (Å²) < 4.78 is 13.1. The second-order valence-corrected chi connectivity index (χ2v) is 5.62. The molecule has 0 bridgehead atoms. The van der Waals surface area contributed by atoms with Crippen molar-refractivity contribution in [2.75, 3.05) is 6.54 Å². The summed E-state index contributed by atoms with van der Waals surface area (Å²) in [5, 5.41) is 2.70. The Morgan fingerprint density at radius 3 is 2.43 bits per heavy atom. The fourth-order valence-electron chi connectivity index (χ4n) is 2.67. The number of halogens is 1. The van der Waals surface area contributed by atoms with Crippen LogP contribution >= 0.6 is 0 Å². The van der Waals surface area contributed by atoms with Crippen LogP contribution in [0.15, 0.2) is 48.8 Å². The predicted molar refractivity (Wildman–Crippen MR) is 81.9 cm³/mol. The number of pyridine rings is 1. The Morgan fingerprint density at radius 1 is 1.13 bits per heavy atom. The summed E-state index contributed by atoms with van der Waals surface area (Å²) in [6.07, 6.45) is 3.90. The van der Waals surface area contributed by atoms with E-state index in [4.69, 9.17) is 0 Å². The maximum atomic E-state index is 13.1. The van der Waals surface area contributed by atoms with Gasteiger partial charge in [-0.05, 0) is 48.7 Å². The predicted octanol–water partition coefficient (Wildman–Crippen LogP) is 2.23. The summed E-state index contributed by atoms with van der Waals surface area (Å²) >= 11 is 0. The molecule has 1 fully saturated rings. The lowest BCUT2D eigenvalue weighted by Crippen LogP contribution is -2.41. The second-order valence-electron chi connectivity index (χ2n) is 5.62. The number of amides is 3. The second kappa shape index (κ2) is 5.79. The molecule has 1 atom stereocenters. The van der Waals surface area contributed by atoms with Crippen LogP contribution in [-0.2, 0) is 16.8 Å². The molecule has 1 N–H and O–H groups in total. The lowest BCUT2D eigenvalue weighted by Gasteiger charge is -2.22. The first kappa shape index (κ1) is 15.1. The molecule has 0 saturated carbocycles. The minimum absolute atomic E-state index is 0.283. The third-order valence-corrected chi connectivity index (χ3v) is 4.07. The van der Waals surface area contributed by atoms with Crippen LogP contribution in [0.25, 0.3) is 0 Å². The Morgan fingerprint density at radius 2 is 1.78 bits per heavy atom. The molecular formula is C17H16FN3O2. The van der Waals surface area contributed by atoms with E-state index in [0.717, 1.165) is 5.56 Å². The number of aromatic nitrogens is 1. The van der Waals surface area contributed by atoms with Crippen molar-refractivity contribution in [2.24, 2.45) is 0 Å². The number of carbonyl (C=O) groups is 2. The van der Waals surface area contributed by atoms with E-state index in [0.29, 0.717) is 12.0 Å². The summed E-state index contributed by atoms with van der Waals surface area (Å²) in [6.45, 7) is 1.92. The molecule has 118 valence electrons. The quantitative estimate of drug-likeness (QED) is 0.881. The first-order valence-corrected chi connectivity index (χ1v) is 7.30. The average molecular weight is 313 g/mol. The monoisotopic (exact) mass is 313 g/mol. The topological polar surface area (TPSA) is 62.3 Å². The van der Waals surface area contributed by atoms with E-state index in [1.807, 2.05) is 12.1 Å². The van der Waals surface area contributed by atoms with Crippen molar-refractivity contribution < 1.29 is 14.0 Å². The largest absolute Gasteiger partial charge is 0.325 e. The molecule has 1 aliphatic heterocycles. The highest BCUT2D eigenvalue weighted by molar-refractivity contribution is 6.07. The standard InChI is InChI=1S/C17H16FN3O2/c1-17(13-2-4-14(18)5-3-13)15(22)21(16(23)20-17)11-8-12-6-9-19-10-7-12/h2-7,9-10H,8,11H2,1H3,(H,20,23)/t17-/m1/s1. The van der Waals surface area contributed by atoms with E-state index >= 15 is 0 Å². The molecule has 1 aromatic heterocycles. The molecule has 3 amide bonds. The smallest absolute Gasteiger partial charge is 0.319 e. The third-order valence-electron chi connectivity index (χ3n) is 4.07. The fourth-order valence-corrected chi connectivity index (χ4v) is 2.67. The van der Waals surface area contributed by atoms with Crippen molar-refractivity contribution in [3.63, 3.8) is 0 Å². The molecule has 0 unspecified atom stereocenters. The number of benzene rings is 1. The SMILES string of the molecule is C[C@]1(c2ccc(F)cc2)NC(=O)N(CCc2ccncc2)C1=O. The van der Waals surface area contributed by atoms with Crippen molar-refractivity contribution in [3.05, 3.63) is 65.7 Å². The summed E-state index contributed by atoms with van der Waals surface area (Å²) in [4.78, 5) is 30.0. The molecule has 23 heavy (non-hydrogen) atoms. The zero-order chi connectivity index (χ0) is 16.4. The van der Waals surface area contributed by atoms with Gasteiger partial charge in [-0.2, -0.15) is 0 Å². The fraction of sp³-hybridized carbons (Fsp3) is 0.235. The van der Waals surface area contributed by atoms with E-state index in [2.05, 4.69) is 10.3 Å². The van der Waals surface area contributed by atoms with E-state index in [1.54, 1.807) is 19.3 Å². The number of hydrogen-bond acceptors (Lipinski definition) is 3. The number of imide groups is 1. The molecule has 0 radical (unpaired) electrons. The molecule has 6 heteroatoms. The van der Waals surface area contributed by atoms with Gasteiger partial charge >= 0.3 is 6.03 Å². The number of carbonyl (C=O) groups excluding carboxylic acids is 2. The zero-order valence-corrected chi connectivity index (χ0v) is 12.6. The van der Waals surface area contributed by atoms with E-state index in [9.17, 15) is 14.0 Å². The van der Waals surface area contributed by atoms with Gasteiger partial charge in [0.2, 0.25) is 0 Å². The molecule has 5 nitrogen and oxygen atoms in total. The normalized spacial score (nSPS) is 20.7. The van der Waals surface area contributed by atoms with Crippen molar-refractivity contribution in [1.29, 1.82) is 0 Å². The molecule has 2 heterocycles. The Hall–Kier alpha value is -2.76. The van der Waals surface area contributed by atoms with Crippen LogP contribution < -0.4 is 5.32 Å². The zero-order valence-electron chi connectivity index (χ0n) is 12.6. The lowest BCUT2D eigenvalue weighted by atomic mass is 9.92. The van der Waals surface area contributed by atoms with Gasteiger partial charge in [0, 0.05) is 18.9 Å². The van der Waals surface area contributed by atoms with Crippen molar-refractivity contribution in [1.82, 2.24) is 15.2 Å². The minimum Gasteiger partial charge on any atom is -0.319 e. The van der Waals surface area contributed by atoms with Crippen LogP contribution in [0.1, 0.15) is 18.1 Å². The highest BCUT2D eigenvalue weighted by Gasteiger charge is 2.48. The number of hydrogen-bond donors (Lipinski definition) is 1. The summed E-state index contributed by atoms with van der Waals surface area (Å²) in [6, 6.07) is 8.84. The van der Waals surface area contributed by atoms with Crippen LogP contribution in [0.4, 0.5) is 9.18 Å². The van der Waals surface area contributed by atoms with Gasteiger partial charge < -0.3 is 5.32 Å². The molecule has 0 spiro atoms. The van der Waals surface area contributed by atoms with Gasteiger partial charge in [0.15, 0.2) is 0 Å². The average Bonchev–Trinajstić information content (AvgIpc) is 2.77. The number of rotatable bonds is 4. The molecular weight excluding hydrogens is 297 g/mol. The van der Waals surface area contributed by atoms with Gasteiger partial charge in [-0.25, -0.2) is 9.18 Å². The Labute approximate surface area is 133 Å². The molecule has 1 aromatic carbocycles. The molecule has 1 aliphatic rings. The Kier molecular flexibility index (Phi) is 3.82. The van der Waals surface area contributed by atoms with Crippen LogP contribution in [0.3, 0.4) is 0 Å². The first-order valence-electron chi connectivity index (χ1n) is 7.30. The summed E-state index contributed by atoms with van der Waals surface area (Å²) in [5.41, 5.74) is 0.392. The van der Waals surface area contributed by atoms with Crippen LogP contribution in [-0.4, -0.2) is 28.4 Å². The molecule has 1 saturated heterocycles. The van der Waals surface area contributed by atoms with Crippen molar-refractivity contribution >= 4 is 11.9 Å². The molecule has 3 rings (SSSR count). The van der Waals surface area contributed by atoms with Gasteiger partial charge in [-0.15, -0.1) is 0 Å². The van der Waals surface area contributed by atoms with E-state index < -0.39 is 11.6 Å². The Balaban J connectivity index is 1.78. The number of nitrogens with one attached hydrogen (secondary N) is 1. The highest BCUT2D eigenvalue weighted by Crippen LogP contribution is 2.29. The van der Waals surface area contributed by atoms with E-state index in [1.165, 1.54) is 29.2 Å². The third kappa shape index (κ3) is 2.79. The Bertz CT molecular complexity index is 733.